The maximum atomic E-state index is 2.40. The van der Waals surface area contributed by atoms with Gasteiger partial charge in [-0.1, -0.05) is 122 Å². The third-order valence-corrected chi connectivity index (χ3v) is 12.5. The number of benzene rings is 7. The Labute approximate surface area is 319 Å². The van der Waals surface area contributed by atoms with E-state index < -0.39 is 0 Å². The van der Waals surface area contributed by atoms with E-state index >= 15 is 0 Å². The molecule has 0 saturated heterocycles. The fraction of sp³-hybridized carbons (Fsp3) is 0.0612. The first-order chi connectivity index (χ1) is 26.2. The highest BCUT2D eigenvalue weighted by Crippen LogP contribution is 2.46. The first kappa shape index (κ1) is 32.9. The molecule has 7 aromatic carbocycles. The van der Waals surface area contributed by atoms with Crippen LogP contribution in [0.25, 0.3) is 47.5 Å². The molecular formula is C49H38N2S2. The predicted octanol–water partition coefficient (Wildman–Crippen LogP) is 15.5. The zero-order valence-electron chi connectivity index (χ0n) is 29.7. The van der Waals surface area contributed by atoms with Crippen molar-refractivity contribution in [2.24, 2.45) is 0 Å². The average molecular weight is 719 g/mol. The van der Waals surface area contributed by atoms with Crippen LogP contribution >= 0.6 is 22.7 Å². The third-order valence-electron chi connectivity index (χ3n) is 9.94. The average Bonchev–Trinajstić information content (AvgIpc) is 3.79. The van der Waals surface area contributed by atoms with Crippen molar-refractivity contribution >= 4 is 93.1 Å². The lowest BCUT2D eigenvalue weighted by Gasteiger charge is -2.27. The first-order valence-corrected chi connectivity index (χ1v) is 19.8. The van der Waals surface area contributed by atoms with Crippen molar-refractivity contribution in [1.29, 1.82) is 0 Å². The summed E-state index contributed by atoms with van der Waals surface area (Å²) in [6.07, 6.45) is 5.43. The predicted molar refractivity (Wildman–Crippen MR) is 234 cm³/mol. The van der Waals surface area contributed by atoms with Crippen LogP contribution in [0, 0.1) is 0 Å². The zero-order chi connectivity index (χ0) is 35.7. The SMILES string of the molecule is CC=Cc1c(CC)sc2c(N(c3ccccc3)c3ccc(-c4ccc(N(c5ccccc5)c5cccc6c5sc5ccccc56)cc4)cc3)cccc12. The second-order valence-corrected chi connectivity index (χ2v) is 15.3. The van der Waals surface area contributed by atoms with Gasteiger partial charge in [0.1, 0.15) is 0 Å². The smallest absolute Gasteiger partial charge is 0.0640 e. The number of anilines is 6. The van der Waals surface area contributed by atoms with E-state index in [2.05, 4.69) is 206 Å². The Balaban J connectivity index is 1.09. The molecule has 0 atom stereocenters. The highest BCUT2D eigenvalue weighted by molar-refractivity contribution is 7.26. The molecule has 256 valence electrons. The molecule has 0 spiro atoms. The summed E-state index contributed by atoms with van der Waals surface area (Å²) >= 11 is 3.78. The van der Waals surface area contributed by atoms with Crippen molar-refractivity contribution < 1.29 is 0 Å². The molecule has 0 N–H and O–H groups in total. The number of rotatable bonds is 9. The van der Waals surface area contributed by atoms with Gasteiger partial charge in [0.15, 0.2) is 0 Å². The van der Waals surface area contributed by atoms with Crippen molar-refractivity contribution in [3.63, 3.8) is 0 Å². The number of para-hydroxylation sites is 2. The van der Waals surface area contributed by atoms with Crippen LogP contribution in [0.3, 0.4) is 0 Å². The fourth-order valence-electron chi connectivity index (χ4n) is 7.48. The van der Waals surface area contributed by atoms with E-state index in [9.17, 15) is 0 Å². The maximum absolute atomic E-state index is 2.40. The number of hydrogen-bond donors (Lipinski definition) is 0. The summed E-state index contributed by atoms with van der Waals surface area (Å²) in [6, 6.07) is 61.6. The summed E-state index contributed by atoms with van der Waals surface area (Å²) < 4.78 is 3.92. The molecule has 53 heavy (non-hydrogen) atoms. The molecule has 9 rings (SSSR count). The fourth-order valence-corrected chi connectivity index (χ4v) is 9.92. The van der Waals surface area contributed by atoms with Crippen LogP contribution in [0.4, 0.5) is 34.1 Å². The Hall–Kier alpha value is -5.94. The van der Waals surface area contributed by atoms with E-state index in [-0.39, 0.29) is 0 Å². The first-order valence-electron chi connectivity index (χ1n) is 18.2. The lowest BCUT2D eigenvalue weighted by atomic mass is 10.0. The molecule has 0 amide bonds. The van der Waals surface area contributed by atoms with E-state index in [1.807, 2.05) is 22.7 Å². The normalized spacial score (nSPS) is 11.6. The van der Waals surface area contributed by atoms with Crippen molar-refractivity contribution in [3.05, 3.63) is 186 Å². The number of thiophene rings is 2. The number of allylic oxidation sites excluding steroid dienone is 1. The highest BCUT2D eigenvalue weighted by Gasteiger charge is 2.20. The minimum atomic E-state index is 1.02. The van der Waals surface area contributed by atoms with Crippen molar-refractivity contribution in [2.75, 3.05) is 9.80 Å². The molecule has 2 nitrogen and oxygen atoms in total. The van der Waals surface area contributed by atoms with Gasteiger partial charge in [-0.3, -0.25) is 0 Å². The largest absolute Gasteiger partial charge is 0.309 e. The van der Waals surface area contributed by atoms with Crippen LogP contribution in [-0.2, 0) is 6.42 Å². The molecule has 0 bridgehead atoms. The van der Waals surface area contributed by atoms with Crippen LogP contribution in [0.2, 0.25) is 0 Å². The number of nitrogens with zero attached hydrogens (tertiary/aromatic N) is 2. The van der Waals surface area contributed by atoms with Crippen LogP contribution in [0.1, 0.15) is 24.3 Å². The topological polar surface area (TPSA) is 6.48 Å². The third kappa shape index (κ3) is 6.00. The molecule has 9 aromatic rings. The second-order valence-electron chi connectivity index (χ2n) is 13.1. The molecule has 0 radical (unpaired) electrons. The molecular weight excluding hydrogens is 681 g/mol. The standard InChI is InChI=1S/C49H38N2S2/c1-3-15-40-42-21-13-23-44(48(42)52-46(40)4-2)50(36-16-7-5-8-17-36)38-30-26-34(27-31-38)35-28-32-39(33-29-35)51(37-18-9-6-10-19-37)45-24-14-22-43-41-20-11-12-25-47(41)53-49(43)45/h3,5-33H,4H2,1-2H3. The molecule has 0 aliphatic carbocycles. The molecule has 0 unspecified atom stereocenters. The van der Waals surface area contributed by atoms with Crippen LogP contribution in [-0.4, -0.2) is 0 Å². The van der Waals surface area contributed by atoms with Crippen LogP contribution < -0.4 is 9.80 Å². The molecule has 2 heterocycles. The van der Waals surface area contributed by atoms with Gasteiger partial charge in [0.25, 0.3) is 0 Å². The highest BCUT2D eigenvalue weighted by atomic mass is 32.1. The number of fused-ring (bicyclic) bond motifs is 4. The van der Waals surface area contributed by atoms with Crippen molar-refractivity contribution in [2.45, 2.75) is 20.3 Å². The van der Waals surface area contributed by atoms with Crippen molar-refractivity contribution in [1.82, 2.24) is 0 Å². The van der Waals surface area contributed by atoms with E-state index in [0.29, 0.717) is 0 Å². The summed E-state index contributed by atoms with van der Waals surface area (Å²) in [4.78, 5) is 6.21. The van der Waals surface area contributed by atoms with Crippen LogP contribution in [0.15, 0.2) is 176 Å². The summed E-state index contributed by atoms with van der Waals surface area (Å²) in [7, 11) is 0. The zero-order valence-corrected chi connectivity index (χ0v) is 31.4. The lowest BCUT2D eigenvalue weighted by Crippen LogP contribution is -2.10. The number of hydrogen-bond acceptors (Lipinski definition) is 4. The Morgan fingerprint density at radius 2 is 0.925 bits per heavy atom. The van der Waals surface area contributed by atoms with Gasteiger partial charge < -0.3 is 9.80 Å². The molecule has 0 aliphatic heterocycles. The van der Waals surface area contributed by atoms with Gasteiger partial charge in [0, 0.05) is 48.5 Å². The molecule has 0 fully saturated rings. The number of aryl methyl sites for hydroxylation is 1. The summed E-state index contributed by atoms with van der Waals surface area (Å²) in [5.41, 5.74) is 10.7. The Bertz CT molecular complexity index is 2710. The quantitative estimate of drug-likeness (QED) is 0.147. The van der Waals surface area contributed by atoms with Gasteiger partial charge in [-0.15, -0.1) is 22.7 Å². The van der Waals surface area contributed by atoms with Gasteiger partial charge in [-0.2, -0.15) is 0 Å². The second kappa shape index (κ2) is 14.2. The van der Waals surface area contributed by atoms with Gasteiger partial charge in [-0.25, -0.2) is 0 Å². The van der Waals surface area contributed by atoms with E-state index in [1.54, 1.807) is 0 Å². The van der Waals surface area contributed by atoms with E-state index in [4.69, 9.17) is 0 Å². The van der Waals surface area contributed by atoms with Gasteiger partial charge in [0.05, 0.1) is 20.8 Å². The monoisotopic (exact) mass is 718 g/mol. The van der Waals surface area contributed by atoms with Gasteiger partial charge in [0.2, 0.25) is 0 Å². The Kier molecular flexibility index (Phi) is 8.84. The summed E-state index contributed by atoms with van der Waals surface area (Å²) in [5, 5.41) is 3.92. The summed E-state index contributed by atoms with van der Waals surface area (Å²) in [6.45, 7) is 4.35. The molecule has 2 aromatic heterocycles. The minimum Gasteiger partial charge on any atom is -0.309 e. The lowest BCUT2D eigenvalue weighted by molar-refractivity contribution is 1.18. The van der Waals surface area contributed by atoms with E-state index in [1.165, 1.54) is 63.2 Å². The molecule has 0 aliphatic rings. The Morgan fingerprint density at radius 3 is 1.47 bits per heavy atom. The van der Waals surface area contributed by atoms with E-state index in [0.717, 1.165) is 29.2 Å². The maximum Gasteiger partial charge on any atom is 0.0640 e. The minimum absolute atomic E-state index is 1.02. The van der Waals surface area contributed by atoms with Crippen LogP contribution in [0.5, 0.6) is 0 Å². The van der Waals surface area contributed by atoms with Crippen molar-refractivity contribution in [3.8, 4) is 11.1 Å². The van der Waals surface area contributed by atoms with Gasteiger partial charge in [-0.05, 0) is 96.8 Å². The molecule has 0 saturated carbocycles. The van der Waals surface area contributed by atoms with Gasteiger partial charge >= 0.3 is 0 Å². The summed E-state index contributed by atoms with van der Waals surface area (Å²) in [5.74, 6) is 0. The molecule has 4 heteroatoms. The Morgan fingerprint density at radius 1 is 0.453 bits per heavy atom.